The lowest BCUT2D eigenvalue weighted by Gasteiger charge is -2.17. The minimum atomic E-state index is 0.173. The van der Waals surface area contributed by atoms with Crippen LogP contribution in [0.5, 0.6) is 0 Å². The molecule has 0 radical (unpaired) electrons. The number of rotatable bonds is 6. The maximum Gasteiger partial charge on any atom is 0.209 e. The molecule has 1 aliphatic rings. The summed E-state index contributed by atoms with van der Waals surface area (Å²) in [5.41, 5.74) is 1.36. The third-order valence-electron chi connectivity index (χ3n) is 3.70. The zero-order valence-corrected chi connectivity index (χ0v) is 15.2. The first-order valence-corrected chi connectivity index (χ1v) is 9.05. The number of benzene rings is 1. The minimum Gasteiger partial charge on any atom is -0.351 e. The van der Waals surface area contributed by atoms with Crippen molar-refractivity contribution in [2.24, 2.45) is 0 Å². The molecule has 4 nitrogen and oxygen atoms in total. The van der Waals surface area contributed by atoms with Gasteiger partial charge in [-0.1, -0.05) is 42.1 Å². The third-order valence-corrected chi connectivity index (χ3v) is 4.75. The van der Waals surface area contributed by atoms with E-state index in [4.69, 9.17) is 0 Å². The number of thioether (sulfide) groups is 1. The Bertz CT molecular complexity index is 465. The van der Waals surface area contributed by atoms with Gasteiger partial charge in [-0.3, -0.25) is 14.5 Å². The summed E-state index contributed by atoms with van der Waals surface area (Å²) < 4.78 is 0. The van der Waals surface area contributed by atoms with Gasteiger partial charge in [-0.25, -0.2) is 0 Å². The monoisotopic (exact) mass is 336 g/mol. The smallest absolute Gasteiger partial charge is 0.209 e. The Morgan fingerprint density at radius 2 is 2.00 bits per heavy atom. The molecular weight excluding hydrogens is 308 g/mol. The number of hydrogen-bond donors (Lipinski definition) is 0. The van der Waals surface area contributed by atoms with E-state index in [-0.39, 0.29) is 6.04 Å². The van der Waals surface area contributed by atoms with Crippen molar-refractivity contribution in [2.75, 3.05) is 33.4 Å². The van der Waals surface area contributed by atoms with Crippen LogP contribution in [-0.2, 0) is 16.0 Å². The van der Waals surface area contributed by atoms with Gasteiger partial charge in [0.2, 0.25) is 11.5 Å². The van der Waals surface area contributed by atoms with Crippen molar-refractivity contribution in [1.29, 1.82) is 0 Å². The predicted molar refractivity (Wildman–Crippen MR) is 97.6 cm³/mol. The molecule has 1 amide bonds. The van der Waals surface area contributed by atoms with Crippen molar-refractivity contribution < 1.29 is 9.59 Å². The average molecular weight is 337 g/mol. The highest BCUT2D eigenvalue weighted by atomic mass is 32.2. The molecule has 0 N–H and O–H groups in total. The largest absolute Gasteiger partial charge is 0.351 e. The van der Waals surface area contributed by atoms with Crippen molar-refractivity contribution in [3.63, 3.8) is 0 Å². The second-order valence-corrected chi connectivity index (χ2v) is 7.06. The summed E-state index contributed by atoms with van der Waals surface area (Å²) in [6.07, 6.45) is 5.11. The molecule has 1 saturated heterocycles. The highest BCUT2D eigenvalue weighted by molar-refractivity contribution is 8.13. The average Bonchev–Trinajstić information content (AvgIpc) is 2.99. The molecule has 1 unspecified atom stereocenters. The molecule has 23 heavy (non-hydrogen) atoms. The third kappa shape index (κ3) is 8.18. The molecular formula is C18H28N2O2S. The molecule has 1 aliphatic heterocycles. The van der Waals surface area contributed by atoms with E-state index in [1.54, 1.807) is 14.1 Å². The summed E-state index contributed by atoms with van der Waals surface area (Å²) in [6, 6.07) is 10.7. The van der Waals surface area contributed by atoms with Gasteiger partial charge >= 0.3 is 0 Å². The Balaban J connectivity index is 0.000000463. The van der Waals surface area contributed by atoms with Gasteiger partial charge < -0.3 is 4.90 Å². The normalized spacial score (nSPS) is 17.3. The van der Waals surface area contributed by atoms with E-state index in [0.29, 0.717) is 5.12 Å². The summed E-state index contributed by atoms with van der Waals surface area (Å²) in [6.45, 7) is 1.07. The van der Waals surface area contributed by atoms with Gasteiger partial charge in [-0.15, -0.1) is 0 Å². The maximum atomic E-state index is 12.0. The fourth-order valence-electron chi connectivity index (χ4n) is 2.40. The van der Waals surface area contributed by atoms with Crippen LogP contribution in [0.15, 0.2) is 30.3 Å². The van der Waals surface area contributed by atoms with Gasteiger partial charge in [0.25, 0.3) is 0 Å². The lowest BCUT2D eigenvalue weighted by atomic mass is 10.1. The van der Waals surface area contributed by atoms with Crippen LogP contribution in [0.4, 0.5) is 0 Å². The van der Waals surface area contributed by atoms with Crippen molar-refractivity contribution in [2.45, 2.75) is 31.7 Å². The van der Waals surface area contributed by atoms with Gasteiger partial charge in [0.15, 0.2) is 0 Å². The lowest BCUT2D eigenvalue weighted by Crippen LogP contribution is -2.31. The molecule has 2 rings (SSSR count). The first-order chi connectivity index (χ1) is 11.0. The van der Waals surface area contributed by atoms with Crippen LogP contribution in [0.2, 0.25) is 0 Å². The number of aryl methyl sites for hydroxylation is 1. The Kier molecular flexibility index (Phi) is 9.64. The van der Waals surface area contributed by atoms with E-state index in [0.717, 1.165) is 44.4 Å². The van der Waals surface area contributed by atoms with Gasteiger partial charge in [0.05, 0.1) is 6.04 Å². The Morgan fingerprint density at radius 1 is 1.35 bits per heavy atom. The SMILES string of the molecule is CN(C)C=O.CN1CCCC1C(=O)SCCCc1ccccc1. The van der Waals surface area contributed by atoms with Crippen molar-refractivity contribution in [1.82, 2.24) is 9.80 Å². The molecule has 1 atom stereocenters. The number of hydrogen-bond acceptors (Lipinski definition) is 4. The topological polar surface area (TPSA) is 40.6 Å². The molecule has 1 aromatic carbocycles. The van der Waals surface area contributed by atoms with Crippen LogP contribution >= 0.6 is 11.8 Å². The fraction of sp³-hybridized carbons (Fsp3) is 0.556. The molecule has 1 fully saturated rings. The number of likely N-dealkylation sites (N-methyl/N-ethyl adjacent to an activating group) is 1. The van der Waals surface area contributed by atoms with E-state index in [9.17, 15) is 9.59 Å². The number of likely N-dealkylation sites (tertiary alicyclic amines) is 1. The van der Waals surface area contributed by atoms with Gasteiger partial charge in [-0.05, 0) is 44.8 Å². The molecule has 128 valence electrons. The van der Waals surface area contributed by atoms with E-state index >= 15 is 0 Å². The highest BCUT2D eigenvalue weighted by Crippen LogP contribution is 2.21. The molecule has 0 aliphatic carbocycles. The minimum absolute atomic E-state index is 0.173. The molecule has 1 heterocycles. The summed E-state index contributed by atoms with van der Waals surface area (Å²) in [5, 5.41) is 0.364. The van der Waals surface area contributed by atoms with E-state index < -0.39 is 0 Å². The quantitative estimate of drug-likeness (QED) is 0.591. The molecule has 0 aromatic heterocycles. The highest BCUT2D eigenvalue weighted by Gasteiger charge is 2.27. The van der Waals surface area contributed by atoms with Crippen molar-refractivity contribution in [3.8, 4) is 0 Å². The molecule has 0 saturated carbocycles. The van der Waals surface area contributed by atoms with Crippen LogP contribution in [0.3, 0.4) is 0 Å². The molecule has 0 spiro atoms. The molecule has 5 heteroatoms. The summed E-state index contributed by atoms with van der Waals surface area (Å²) in [7, 11) is 5.43. The van der Waals surface area contributed by atoms with Crippen LogP contribution < -0.4 is 0 Å². The Labute approximate surface area is 144 Å². The summed E-state index contributed by atoms with van der Waals surface area (Å²) in [4.78, 5) is 25.1. The van der Waals surface area contributed by atoms with Gasteiger partial charge in [-0.2, -0.15) is 0 Å². The zero-order chi connectivity index (χ0) is 17.1. The number of amides is 1. The summed E-state index contributed by atoms with van der Waals surface area (Å²) in [5.74, 6) is 0.943. The number of carbonyl (C=O) groups is 2. The fourth-order valence-corrected chi connectivity index (χ4v) is 3.38. The van der Waals surface area contributed by atoms with Crippen LogP contribution in [0, 0.1) is 0 Å². The first kappa shape index (κ1) is 19.7. The van der Waals surface area contributed by atoms with E-state index in [1.807, 2.05) is 6.07 Å². The van der Waals surface area contributed by atoms with Crippen LogP contribution in [-0.4, -0.2) is 60.8 Å². The second-order valence-electron chi connectivity index (χ2n) is 5.96. The molecule has 1 aromatic rings. The van der Waals surface area contributed by atoms with Crippen molar-refractivity contribution in [3.05, 3.63) is 35.9 Å². The lowest BCUT2D eigenvalue weighted by molar-refractivity contribution is -0.116. The summed E-state index contributed by atoms with van der Waals surface area (Å²) >= 11 is 1.52. The first-order valence-electron chi connectivity index (χ1n) is 8.07. The number of nitrogens with zero attached hydrogens (tertiary/aromatic N) is 2. The molecule has 0 bridgehead atoms. The maximum absolute atomic E-state index is 12.0. The van der Waals surface area contributed by atoms with E-state index in [1.165, 1.54) is 22.2 Å². The Hall–Kier alpha value is -1.33. The van der Waals surface area contributed by atoms with Crippen molar-refractivity contribution >= 4 is 23.3 Å². The number of carbonyl (C=O) groups excluding carboxylic acids is 2. The van der Waals surface area contributed by atoms with Gasteiger partial charge in [0, 0.05) is 19.8 Å². The van der Waals surface area contributed by atoms with E-state index in [2.05, 4.69) is 36.2 Å². The standard InChI is InChI=1S/C15H21NOS.C3H7NO/c1-16-11-5-10-14(16)15(17)18-12-6-9-13-7-3-2-4-8-13;1-4(2)3-5/h2-4,7-8,14H,5-6,9-12H2,1H3;3H,1-2H3. The van der Waals surface area contributed by atoms with Gasteiger partial charge in [0.1, 0.15) is 0 Å². The Morgan fingerprint density at radius 3 is 2.52 bits per heavy atom. The zero-order valence-electron chi connectivity index (χ0n) is 14.4. The van der Waals surface area contributed by atoms with Crippen LogP contribution in [0.25, 0.3) is 0 Å². The second kappa shape index (κ2) is 11.2. The predicted octanol–water partition coefficient (Wildman–Crippen LogP) is 2.68. The van der Waals surface area contributed by atoms with Crippen LogP contribution in [0.1, 0.15) is 24.8 Å².